The topological polar surface area (TPSA) is 29.5 Å². The van der Waals surface area contributed by atoms with Crippen LogP contribution in [0.3, 0.4) is 0 Å². The summed E-state index contributed by atoms with van der Waals surface area (Å²) in [7, 11) is 0. The second-order valence-corrected chi connectivity index (χ2v) is 5.52. The lowest BCUT2D eigenvalue weighted by Crippen LogP contribution is -2.19. The van der Waals surface area contributed by atoms with Crippen molar-refractivity contribution in [2.45, 2.75) is 32.8 Å². The third-order valence-corrected chi connectivity index (χ3v) is 3.88. The van der Waals surface area contributed by atoms with Crippen LogP contribution >= 0.6 is 11.8 Å². The normalized spacial score (nSPS) is 27.4. The van der Waals surface area contributed by atoms with Crippen LogP contribution in [-0.2, 0) is 4.74 Å². The molecule has 1 saturated heterocycles. The maximum atomic E-state index is 9.56. The van der Waals surface area contributed by atoms with E-state index in [2.05, 4.69) is 13.8 Å². The fourth-order valence-corrected chi connectivity index (χ4v) is 2.86. The summed E-state index contributed by atoms with van der Waals surface area (Å²) in [6.07, 6.45) is 2.07. The van der Waals surface area contributed by atoms with Gasteiger partial charge in [0, 0.05) is 19.0 Å². The average molecular weight is 218 g/mol. The fourth-order valence-electron chi connectivity index (χ4n) is 1.52. The minimum Gasteiger partial charge on any atom is -0.392 e. The van der Waals surface area contributed by atoms with Crippen LogP contribution in [0.2, 0.25) is 0 Å². The van der Waals surface area contributed by atoms with Gasteiger partial charge in [0.05, 0.1) is 6.10 Å². The molecular formula is C11H22O2S. The van der Waals surface area contributed by atoms with Crippen LogP contribution in [0, 0.1) is 11.8 Å². The number of aliphatic hydroxyl groups is 1. The van der Waals surface area contributed by atoms with Crippen molar-refractivity contribution >= 4 is 11.8 Å². The van der Waals surface area contributed by atoms with Crippen LogP contribution in [0.15, 0.2) is 0 Å². The molecule has 0 radical (unpaired) electrons. The summed E-state index contributed by atoms with van der Waals surface area (Å²) in [5.74, 6) is 3.22. The van der Waals surface area contributed by atoms with Gasteiger partial charge in [0.1, 0.15) is 0 Å². The molecule has 0 aromatic carbocycles. The number of thioether (sulfide) groups is 1. The van der Waals surface area contributed by atoms with E-state index < -0.39 is 0 Å². The molecule has 1 fully saturated rings. The molecule has 0 amide bonds. The molecule has 0 aliphatic carbocycles. The fraction of sp³-hybridized carbons (Fsp3) is 1.00. The van der Waals surface area contributed by atoms with E-state index in [0.717, 1.165) is 43.5 Å². The summed E-state index contributed by atoms with van der Waals surface area (Å²) < 4.78 is 5.53. The zero-order chi connectivity index (χ0) is 10.4. The van der Waals surface area contributed by atoms with Crippen LogP contribution in [0.1, 0.15) is 26.7 Å². The molecule has 2 atom stereocenters. The minimum atomic E-state index is -0.0892. The summed E-state index contributed by atoms with van der Waals surface area (Å²) in [5, 5.41) is 9.56. The van der Waals surface area contributed by atoms with E-state index in [9.17, 15) is 5.11 Å². The third kappa shape index (κ3) is 4.67. The van der Waals surface area contributed by atoms with Crippen LogP contribution in [0.4, 0.5) is 0 Å². The van der Waals surface area contributed by atoms with Gasteiger partial charge in [-0.05, 0) is 30.4 Å². The second-order valence-electron chi connectivity index (χ2n) is 4.45. The minimum absolute atomic E-state index is 0.0892. The first kappa shape index (κ1) is 12.3. The lowest BCUT2D eigenvalue weighted by atomic mass is 10.0. The lowest BCUT2D eigenvalue weighted by molar-refractivity contribution is 0.0838. The van der Waals surface area contributed by atoms with Crippen molar-refractivity contribution in [1.82, 2.24) is 0 Å². The Morgan fingerprint density at radius 3 is 2.71 bits per heavy atom. The van der Waals surface area contributed by atoms with E-state index in [0.29, 0.717) is 5.92 Å². The first-order valence-electron chi connectivity index (χ1n) is 5.53. The summed E-state index contributed by atoms with van der Waals surface area (Å²) >= 11 is 1.85. The molecule has 1 heterocycles. The first-order valence-corrected chi connectivity index (χ1v) is 6.69. The van der Waals surface area contributed by atoms with Gasteiger partial charge in [0.25, 0.3) is 0 Å². The van der Waals surface area contributed by atoms with Crippen LogP contribution in [-0.4, -0.2) is 35.9 Å². The average Bonchev–Trinajstić information content (AvgIpc) is 2.51. The van der Waals surface area contributed by atoms with Crippen molar-refractivity contribution in [2.75, 3.05) is 24.7 Å². The molecule has 0 saturated carbocycles. The van der Waals surface area contributed by atoms with Crippen molar-refractivity contribution in [3.8, 4) is 0 Å². The van der Waals surface area contributed by atoms with Gasteiger partial charge in [0.2, 0.25) is 0 Å². The Kier molecular flexibility index (Phi) is 5.90. The highest BCUT2D eigenvalue weighted by molar-refractivity contribution is 7.99. The molecular weight excluding hydrogens is 196 g/mol. The Bertz CT molecular complexity index is 150. The number of ether oxygens (including phenoxy) is 1. The van der Waals surface area contributed by atoms with Crippen LogP contribution in [0.5, 0.6) is 0 Å². The van der Waals surface area contributed by atoms with Gasteiger partial charge < -0.3 is 9.84 Å². The Balaban J connectivity index is 1.93. The van der Waals surface area contributed by atoms with Gasteiger partial charge in [-0.1, -0.05) is 13.8 Å². The summed E-state index contributed by atoms with van der Waals surface area (Å²) in [4.78, 5) is 0. The lowest BCUT2D eigenvalue weighted by Gasteiger charge is -2.13. The number of hydrogen-bond donors (Lipinski definition) is 1. The van der Waals surface area contributed by atoms with Crippen molar-refractivity contribution < 1.29 is 9.84 Å². The van der Waals surface area contributed by atoms with Gasteiger partial charge in [-0.2, -0.15) is 11.8 Å². The van der Waals surface area contributed by atoms with Gasteiger partial charge in [-0.25, -0.2) is 0 Å². The quantitative estimate of drug-likeness (QED) is 0.693. The van der Waals surface area contributed by atoms with Crippen molar-refractivity contribution in [3.05, 3.63) is 0 Å². The monoisotopic (exact) mass is 218 g/mol. The molecule has 1 N–H and O–H groups in total. The highest BCUT2D eigenvalue weighted by Crippen LogP contribution is 2.26. The Labute approximate surface area is 91.4 Å². The van der Waals surface area contributed by atoms with Gasteiger partial charge >= 0.3 is 0 Å². The Morgan fingerprint density at radius 1 is 1.36 bits per heavy atom. The highest BCUT2D eigenvalue weighted by Gasteiger charge is 2.24. The summed E-state index contributed by atoms with van der Waals surface area (Å²) in [6.45, 7) is 6.10. The zero-order valence-corrected chi connectivity index (χ0v) is 10.1. The van der Waals surface area contributed by atoms with Gasteiger partial charge in [-0.15, -0.1) is 0 Å². The molecule has 0 spiro atoms. The van der Waals surface area contributed by atoms with Crippen molar-refractivity contribution in [3.63, 3.8) is 0 Å². The summed E-state index contributed by atoms with van der Waals surface area (Å²) in [5.41, 5.74) is 0. The second kappa shape index (κ2) is 6.70. The molecule has 0 aromatic rings. The molecule has 3 heteroatoms. The standard InChI is InChI=1S/C11H22O2S/c1-9(2)3-5-13-6-4-10-7-14-8-11(10)12/h9-12H,3-8H2,1-2H3. The van der Waals surface area contributed by atoms with Crippen LogP contribution in [0.25, 0.3) is 0 Å². The van der Waals surface area contributed by atoms with E-state index in [1.165, 1.54) is 0 Å². The maximum Gasteiger partial charge on any atom is 0.0667 e. The smallest absolute Gasteiger partial charge is 0.0667 e. The Morgan fingerprint density at radius 2 is 2.14 bits per heavy atom. The van der Waals surface area contributed by atoms with Crippen molar-refractivity contribution in [1.29, 1.82) is 0 Å². The predicted octanol–water partition coefficient (Wildman–Crippen LogP) is 2.16. The largest absolute Gasteiger partial charge is 0.392 e. The zero-order valence-electron chi connectivity index (χ0n) is 9.24. The molecule has 2 nitrogen and oxygen atoms in total. The molecule has 2 unspecified atom stereocenters. The molecule has 1 aliphatic rings. The first-order chi connectivity index (χ1) is 6.70. The van der Waals surface area contributed by atoms with Crippen molar-refractivity contribution in [2.24, 2.45) is 11.8 Å². The predicted molar refractivity (Wildman–Crippen MR) is 61.7 cm³/mol. The molecule has 0 aromatic heterocycles. The Hall–Kier alpha value is 0.270. The highest BCUT2D eigenvalue weighted by atomic mass is 32.2. The van der Waals surface area contributed by atoms with E-state index in [-0.39, 0.29) is 6.10 Å². The number of aliphatic hydroxyl groups excluding tert-OH is 1. The SMILES string of the molecule is CC(C)CCOCCC1CSCC1O. The van der Waals surface area contributed by atoms with E-state index in [1.807, 2.05) is 11.8 Å². The molecule has 84 valence electrons. The van der Waals surface area contributed by atoms with Gasteiger partial charge in [0.15, 0.2) is 0 Å². The number of rotatable bonds is 6. The molecule has 0 bridgehead atoms. The summed E-state index contributed by atoms with van der Waals surface area (Å²) in [6, 6.07) is 0. The van der Waals surface area contributed by atoms with Gasteiger partial charge in [-0.3, -0.25) is 0 Å². The number of hydrogen-bond acceptors (Lipinski definition) is 3. The molecule has 1 aliphatic heterocycles. The molecule has 14 heavy (non-hydrogen) atoms. The van der Waals surface area contributed by atoms with Crippen LogP contribution < -0.4 is 0 Å². The van der Waals surface area contributed by atoms with E-state index >= 15 is 0 Å². The van der Waals surface area contributed by atoms with E-state index in [1.54, 1.807) is 0 Å². The molecule has 1 rings (SSSR count). The van der Waals surface area contributed by atoms with E-state index in [4.69, 9.17) is 4.74 Å². The third-order valence-electron chi connectivity index (χ3n) is 2.64. The maximum absolute atomic E-state index is 9.56.